The zero-order valence-corrected chi connectivity index (χ0v) is 13.4. The normalized spacial score (nSPS) is 12.4. The van der Waals surface area contributed by atoms with E-state index in [0.717, 1.165) is 32.5 Å². The van der Waals surface area contributed by atoms with Gasteiger partial charge < -0.3 is 10.2 Å². The lowest BCUT2D eigenvalue weighted by molar-refractivity contribution is 0.0937. The molecule has 0 spiro atoms. The molecule has 0 saturated heterocycles. The summed E-state index contributed by atoms with van der Waals surface area (Å²) in [6.45, 7) is 9.67. The van der Waals surface area contributed by atoms with Gasteiger partial charge in [-0.25, -0.2) is 0 Å². The number of benzene rings is 1. The van der Waals surface area contributed by atoms with Crippen LogP contribution < -0.4 is 5.32 Å². The fraction of sp³-hybridized carbons (Fsp3) is 0.562. The van der Waals surface area contributed by atoms with Crippen LogP contribution in [0.3, 0.4) is 0 Å². The lowest BCUT2D eigenvalue weighted by Crippen LogP contribution is -2.33. The number of nitrogens with one attached hydrogen (secondary N) is 1. The van der Waals surface area contributed by atoms with E-state index in [1.54, 1.807) is 24.3 Å². The minimum atomic E-state index is -0.0306. The molecule has 1 N–H and O–H groups in total. The molecule has 0 aliphatic heterocycles. The zero-order chi connectivity index (χ0) is 15.0. The summed E-state index contributed by atoms with van der Waals surface area (Å²) in [7, 11) is 0. The molecule has 112 valence electrons. The molecule has 0 bridgehead atoms. The molecular weight excluding hydrogens is 272 g/mol. The molecule has 1 rings (SSSR count). The summed E-state index contributed by atoms with van der Waals surface area (Å²) in [6.07, 6.45) is 2.10. The third kappa shape index (κ3) is 5.93. The van der Waals surface area contributed by atoms with Crippen LogP contribution in [0.4, 0.5) is 0 Å². The number of nitrogens with zero attached hydrogens (tertiary/aromatic N) is 1. The summed E-state index contributed by atoms with van der Waals surface area (Å²) < 4.78 is 0. The minimum absolute atomic E-state index is 0.0306. The summed E-state index contributed by atoms with van der Waals surface area (Å²) >= 11 is 5.81. The third-order valence-corrected chi connectivity index (χ3v) is 3.74. The van der Waals surface area contributed by atoms with Crippen molar-refractivity contribution in [1.82, 2.24) is 10.2 Å². The fourth-order valence-electron chi connectivity index (χ4n) is 2.14. The summed E-state index contributed by atoms with van der Waals surface area (Å²) in [4.78, 5) is 14.4. The second-order valence-electron chi connectivity index (χ2n) is 5.05. The van der Waals surface area contributed by atoms with Gasteiger partial charge >= 0.3 is 0 Å². The van der Waals surface area contributed by atoms with Gasteiger partial charge in [-0.1, -0.05) is 25.4 Å². The van der Waals surface area contributed by atoms with Gasteiger partial charge in [0.05, 0.1) is 0 Å². The Morgan fingerprint density at radius 1 is 1.25 bits per heavy atom. The molecule has 0 aliphatic rings. The number of rotatable bonds is 8. The van der Waals surface area contributed by atoms with Gasteiger partial charge in [0.25, 0.3) is 5.91 Å². The average Bonchev–Trinajstić information content (AvgIpc) is 2.44. The maximum Gasteiger partial charge on any atom is 0.251 e. The second-order valence-corrected chi connectivity index (χ2v) is 5.49. The van der Waals surface area contributed by atoms with Crippen LogP contribution in [0.2, 0.25) is 5.02 Å². The first-order valence-electron chi connectivity index (χ1n) is 7.35. The second kappa shape index (κ2) is 8.98. The van der Waals surface area contributed by atoms with E-state index in [1.807, 2.05) is 0 Å². The van der Waals surface area contributed by atoms with Crippen LogP contribution in [0.15, 0.2) is 24.3 Å². The zero-order valence-electron chi connectivity index (χ0n) is 12.7. The molecule has 0 aromatic heterocycles. The highest BCUT2D eigenvalue weighted by atomic mass is 35.5. The van der Waals surface area contributed by atoms with Crippen molar-refractivity contribution in [1.29, 1.82) is 0 Å². The first kappa shape index (κ1) is 17.0. The van der Waals surface area contributed by atoms with Gasteiger partial charge in [0.15, 0.2) is 0 Å². The topological polar surface area (TPSA) is 32.3 Å². The van der Waals surface area contributed by atoms with Gasteiger partial charge in [-0.05, 0) is 63.7 Å². The van der Waals surface area contributed by atoms with Crippen LogP contribution in [-0.4, -0.2) is 36.5 Å². The Morgan fingerprint density at radius 2 is 1.85 bits per heavy atom. The number of hydrogen-bond donors (Lipinski definition) is 1. The van der Waals surface area contributed by atoms with Gasteiger partial charge in [-0.2, -0.15) is 0 Å². The Bertz CT molecular complexity index is 401. The summed E-state index contributed by atoms with van der Waals surface area (Å²) in [5.41, 5.74) is 0.657. The van der Waals surface area contributed by atoms with Gasteiger partial charge in [-0.3, -0.25) is 4.79 Å². The lowest BCUT2D eigenvalue weighted by Gasteiger charge is -2.19. The molecule has 0 radical (unpaired) electrons. The molecule has 3 nitrogen and oxygen atoms in total. The molecule has 4 heteroatoms. The van der Waals surface area contributed by atoms with Crippen molar-refractivity contribution in [2.75, 3.05) is 19.6 Å². The van der Waals surface area contributed by atoms with Gasteiger partial charge in [-0.15, -0.1) is 0 Å². The van der Waals surface area contributed by atoms with Crippen molar-refractivity contribution in [3.63, 3.8) is 0 Å². The maximum absolute atomic E-state index is 12.0. The minimum Gasteiger partial charge on any atom is -0.350 e. The van der Waals surface area contributed by atoms with E-state index in [1.165, 1.54) is 0 Å². The van der Waals surface area contributed by atoms with Crippen LogP contribution >= 0.6 is 11.6 Å². The number of amides is 1. The van der Waals surface area contributed by atoms with Crippen molar-refractivity contribution < 1.29 is 4.79 Å². The lowest BCUT2D eigenvalue weighted by atomic mass is 10.1. The molecule has 1 unspecified atom stereocenters. The Labute approximate surface area is 127 Å². The molecule has 1 atom stereocenters. The largest absolute Gasteiger partial charge is 0.350 e. The quantitative estimate of drug-likeness (QED) is 0.795. The van der Waals surface area contributed by atoms with Crippen molar-refractivity contribution in [3.05, 3.63) is 34.9 Å². The Kier molecular flexibility index (Phi) is 7.63. The molecule has 0 fully saturated rings. The third-order valence-electron chi connectivity index (χ3n) is 3.49. The van der Waals surface area contributed by atoms with Crippen molar-refractivity contribution in [2.24, 2.45) is 0 Å². The maximum atomic E-state index is 12.0. The van der Waals surface area contributed by atoms with Gasteiger partial charge in [0.2, 0.25) is 0 Å². The molecular formula is C16H25ClN2O. The van der Waals surface area contributed by atoms with E-state index in [-0.39, 0.29) is 11.9 Å². The number of carbonyl (C=O) groups is 1. The Hall–Kier alpha value is -1.06. The van der Waals surface area contributed by atoms with Crippen LogP contribution in [-0.2, 0) is 0 Å². The molecule has 0 heterocycles. The van der Waals surface area contributed by atoms with E-state index >= 15 is 0 Å². The average molecular weight is 297 g/mol. The summed E-state index contributed by atoms with van der Waals surface area (Å²) in [5.74, 6) is -0.0306. The summed E-state index contributed by atoms with van der Waals surface area (Å²) in [6, 6.07) is 7.16. The SMILES string of the molecule is CCN(CC)CCCC(C)NC(=O)c1ccc(Cl)cc1. The predicted octanol–water partition coefficient (Wildman–Crippen LogP) is 3.58. The Balaban J connectivity index is 2.33. The Morgan fingerprint density at radius 3 is 2.40 bits per heavy atom. The van der Waals surface area contributed by atoms with Crippen LogP contribution in [0.5, 0.6) is 0 Å². The van der Waals surface area contributed by atoms with Gasteiger partial charge in [0, 0.05) is 16.6 Å². The number of carbonyl (C=O) groups excluding carboxylic acids is 1. The van der Waals surface area contributed by atoms with Crippen molar-refractivity contribution in [2.45, 2.75) is 39.7 Å². The van der Waals surface area contributed by atoms with Crippen molar-refractivity contribution >= 4 is 17.5 Å². The molecule has 0 aliphatic carbocycles. The highest BCUT2D eigenvalue weighted by molar-refractivity contribution is 6.30. The van der Waals surface area contributed by atoms with E-state index in [4.69, 9.17) is 11.6 Å². The van der Waals surface area contributed by atoms with Gasteiger partial charge in [0.1, 0.15) is 0 Å². The summed E-state index contributed by atoms with van der Waals surface area (Å²) in [5, 5.41) is 3.67. The molecule has 1 aromatic carbocycles. The van der Waals surface area contributed by atoms with E-state index < -0.39 is 0 Å². The van der Waals surface area contributed by atoms with Crippen molar-refractivity contribution in [3.8, 4) is 0 Å². The van der Waals surface area contributed by atoms with E-state index in [2.05, 4.69) is 31.0 Å². The highest BCUT2D eigenvalue weighted by Gasteiger charge is 2.10. The highest BCUT2D eigenvalue weighted by Crippen LogP contribution is 2.10. The standard InChI is InChI=1S/C16H25ClN2O/c1-4-19(5-2)12-6-7-13(3)18-16(20)14-8-10-15(17)11-9-14/h8-11,13H,4-7,12H2,1-3H3,(H,18,20). The monoisotopic (exact) mass is 296 g/mol. The molecule has 0 saturated carbocycles. The first-order chi connectivity index (χ1) is 9.56. The first-order valence-corrected chi connectivity index (χ1v) is 7.73. The molecule has 1 aromatic rings. The van der Waals surface area contributed by atoms with Crippen LogP contribution in [0.1, 0.15) is 44.0 Å². The predicted molar refractivity (Wildman–Crippen MR) is 85.4 cm³/mol. The fourth-order valence-corrected chi connectivity index (χ4v) is 2.27. The molecule has 20 heavy (non-hydrogen) atoms. The molecule has 1 amide bonds. The van der Waals surface area contributed by atoms with Crippen LogP contribution in [0, 0.1) is 0 Å². The van der Waals surface area contributed by atoms with E-state index in [0.29, 0.717) is 10.6 Å². The van der Waals surface area contributed by atoms with Crippen LogP contribution in [0.25, 0.3) is 0 Å². The van der Waals surface area contributed by atoms with E-state index in [9.17, 15) is 4.79 Å². The number of hydrogen-bond acceptors (Lipinski definition) is 2. The smallest absolute Gasteiger partial charge is 0.251 e. The number of halogens is 1.